The maximum Gasteiger partial charge on any atom is 0.214 e. The van der Waals surface area contributed by atoms with Crippen LogP contribution in [0.25, 0.3) is 0 Å². The molecule has 0 bridgehead atoms. The molecule has 1 N–H and O–H groups in total. The minimum Gasteiger partial charge on any atom is -0.316 e. The normalized spacial score (nSPS) is 18.5. The summed E-state index contributed by atoms with van der Waals surface area (Å²) in [7, 11) is -2.99. The van der Waals surface area contributed by atoms with Crippen LogP contribution in [-0.4, -0.2) is 44.7 Å². The van der Waals surface area contributed by atoms with Gasteiger partial charge in [0.2, 0.25) is 10.0 Å². The van der Waals surface area contributed by atoms with E-state index in [1.165, 1.54) is 0 Å². The lowest BCUT2D eigenvalue weighted by molar-refractivity contribution is 0.336. The fourth-order valence-electron chi connectivity index (χ4n) is 1.61. The van der Waals surface area contributed by atoms with E-state index in [2.05, 4.69) is 5.32 Å². The van der Waals surface area contributed by atoms with Gasteiger partial charge in [-0.05, 0) is 25.4 Å². The Bertz CT molecular complexity index is 256. The van der Waals surface area contributed by atoms with E-state index in [1.54, 1.807) is 4.31 Å². The summed E-state index contributed by atoms with van der Waals surface area (Å²) in [5.41, 5.74) is 0. The molecule has 1 fully saturated rings. The molecule has 14 heavy (non-hydrogen) atoms. The van der Waals surface area contributed by atoms with Crippen LogP contribution < -0.4 is 5.32 Å². The molecule has 0 atom stereocenters. The summed E-state index contributed by atoms with van der Waals surface area (Å²) < 4.78 is 25.0. The molecule has 1 aliphatic rings. The van der Waals surface area contributed by atoms with Gasteiger partial charge in [0, 0.05) is 13.1 Å². The van der Waals surface area contributed by atoms with E-state index in [-0.39, 0.29) is 0 Å². The highest BCUT2D eigenvalue weighted by Crippen LogP contribution is 2.12. The molecule has 1 rings (SSSR count). The van der Waals surface area contributed by atoms with Crippen LogP contribution >= 0.6 is 0 Å². The Morgan fingerprint density at radius 2 is 1.86 bits per heavy atom. The maximum absolute atomic E-state index is 11.7. The zero-order valence-electron chi connectivity index (χ0n) is 8.99. The first-order valence-electron chi connectivity index (χ1n) is 5.28. The first-order chi connectivity index (χ1) is 6.60. The highest BCUT2D eigenvalue weighted by atomic mass is 32.2. The van der Waals surface area contributed by atoms with Crippen molar-refractivity contribution in [1.29, 1.82) is 0 Å². The fourth-order valence-corrected chi connectivity index (χ4v) is 3.29. The molecule has 0 saturated carbocycles. The van der Waals surface area contributed by atoms with Gasteiger partial charge in [-0.1, -0.05) is 13.8 Å². The maximum atomic E-state index is 11.7. The molecule has 0 amide bonds. The number of nitrogens with one attached hydrogen (secondary N) is 1. The van der Waals surface area contributed by atoms with Gasteiger partial charge in [-0.2, -0.15) is 0 Å². The minimum absolute atomic E-state index is 0.307. The number of nitrogens with zero attached hydrogens (tertiary/aromatic N) is 1. The third kappa shape index (κ3) is 2.93. The summed E-state index contributed by atoms with van der Waals surface area (Å²) >= 11 is 0. The zero-order chi connectivity index (χ0) is 10.6. The Morgan fingerprint density at radius 1 is 1.29 bits per heavy atom. The second-order valence-electron chi connectivity index (χ2n) is 3.71. The molecule has 1 saturated heterocycles. The second kappa shape index (κ2) is 5.09. The second-order valence-corrected chi connectivity index (χ2v) is 5.80. The Balaban J connectivity index is 2.39. The van der Waals surface area contributed by atoms with Gasteiger partial charge in [0.1, 0.15) is 0 Å². The van der Waals surface area contributed by atoms with Crippen molar-refractivity contribution >= 4 is 10.0 Å². The average molecular weight is 220 g/mol. The number of sulfonamides is 1. The van der Waals surface area contributed by atoms with Crippen molar-refractivity contribution in [3.8, 4) is 0 Å². The molecule has 84 valence electrons. The monoisotopic (exact) mass is 220 g/mol. The quantitative estimate of drug-likeness (QED) is 0.699. The molecule has 0 radical (unpaired) electrons. The van der Waals surface area contributed by atoms with Crippen LogP contribution in [0.4, 0.5) is 0 Å². The van der Waals surface area contributed by atoms with E-state index in [1.807, 2.05) is 13.8 Å². The average Bonchev–Trinajstić information content (AvgIpc) is 2.02. The molecular formula is C9H20N2O2S. The first-order valence-corrected chi connectivity index (χ1v) is 6.89. The molecule has 0 unspecified atom stereocenters. The number of rotatable bonds is 6. The third-order valence-corrected chi connectivity index (χ3v) is 4.80. The molecule has 5 heteroatoms. The topological polar surface area (TPSA) is 49.4 Å². The Morgan fingerprint density at radius 3 is 2.21 bits per heavy atom. The van der Waals surface area contributed by atoms with Crippen LogP contribution in [0.1, 0.15) is 20.3 Å². The van der Waals surface area contributed by atoms with E-state index in [4.69, 9.17) is 0 Å². The standard InChI is InChI=1S/C9H20N2O2S/c1-3-11(4-2)14(12,13)6-5-9-7-10-8-9/h9-10H,3-8H2,1-2H3. The Hall–Kier alpha value is -0.130. The fraction of sp³-hybridized carbons (Fsp3) is 1.00. The van der Waals surface area contributed by atoms with Crippen molar-refractivity contribution in [2.45, 2.75) is 20.3 Å². The molecule has 4 nitrogen and oxygen atoms in total. The van der Waals surface area contributed by atoms with Crippen molar-refractivity contribution in [3.63, 3.8) is 0 Å². The summed E-state index contributed by atoms with van der Waals surface area (Å²) in [5, 5.41) is 3.15. The smallest absolute Gasteiger partial charge is 0.214 e. The van der Waals surface area contributed by atoms with Gasteiger partial charge in [0.15, 0.2) is 0 Å². The largest absolute Gasteiger partial charge is 0.316 e. The van der Waals surface area contributed by atoms with Gasteiger partial charge in [-0.25, -0.2) is 12.7 Å². The van der Waals surface area contributed by atoms with E-state index in [0.717, 1.165) is 19.5 Å². The summed E-state index contributed by atoms with van der Waals surface area (Å²) in [6.07, 6.45) is 0.797. The van der Waals surface area contributed by atoms with Crippen molar-refractivity contribution in [2.24, 2.45) is 5.92 Å². The number of hydrogen-bond acceptors (Lipinski definition) is 3. The SMILES string of the molecule is CCN(CC)S(=O)(=O)CCC1CNC1. The lowest BCUT2D eigenvalue weighted by atomic mass is 10.0. The molecule has 0 aromatic heterocycles. The van der Waals surface area contributed by atoms with Gasteiger partial charge in [-0.15, -0.1) is 0 Å². The van der Waals surface area contributed by atoms with Crippen molar-refractivity contribution in [1.82, 2.24) is 9.62 Å². The van der Waals surface area contributed by atoms with Gasteiger partial charge < -0.3 is 5.32 Å². The summed E-state index contributed by atoms with van der Waals surface area (Å²) in [6, 6.07) is 0. The summed E-state index contributed by atoms with van der Waals surface area (Å²) in [5.74, 6) is 0.876. The lowest BCUT2D eigenvalue weighted by Gasteiger charge is -2.28. The highest BCUT2D eigenvalue weighted by molar-refractivity contribution is 7.89. The lowest BCUT2D eigenvalue weighted by Crippen LogP contribution is -2.43. The molecule has 1 aliphatic heterocycles. The molecule has 1 heterocycles. The van der Waals surface area contributed by atoms with Crippen LogP contribution in [0.15, 0.2) is 0 Å². The van der Waals surface area contributed by atoms with Crippen LogP contribution in [0.3, 0.4) is 0 Å². The number of hydrogen-bond donors (Lipinski definition) is 1. The molecule has 0 aromatic carbocycles. The van der Waals surface area contributed by atoms with E-state index in [9.17, 15) is 8.42 Å². The van der Waals surface area contributed by atoms with Gasteiger partial charge in [-0.3, -0.25) is 0 Å². The molecular weight excluding hydrogens is 200 g/mol. The van der Waals surface area contributed by atoms with Gasteiger partial charge >= 0.3 is 0 Å². The van der Waals surface area contributed by atoms with Crippen molar-refractivity contribution < 1.29 is 8.42 Å². The van der Waals surface area contributed by atoms with Crippen LogP contribution in [0.2, 0.25) is 0 Å². The van der Waals surface area contributed by atoms with Gasteiger partial charge in [0.25, 0.3) is 0 Å². The predicted octanol–water partition coefficient (Wildman–Crippen LogP) is 0.267. The van der Waals surface area contributed by atoms with Crippen LogP contribution in [-0.2, 0) is 10.0 Å². The molecule has 0 aliphatic carbocycles. The first kappa shape index (κ1) is 11.9. The van der Waals surface area contributed by atoms with Crippen LogP contribution in [0, 0.1) is 5.92 Å². The Labute approximate surface area is 86.7 Å². The molecule has 0 aromatic rings. The predicted molar refractivity (Wildman–Crippen MR) is 57.7 cm³/mol. The summed E-state index contributed by atoms with van der Waals surface area (Å²) in [4.78, 5) is 0. The zero-order valence-corrected chi connectivity index (χ0v) is 9.81. The van der Waals surface area contributed by atoms with E-state index < -0.39 is 10.0 Å². The third-order valence-electron chi connectivity index (χ3n) is 2.75. The Kier molecular flexibility index (Phi) is 4.34. The van der Waals surface area contributed by atoms with E-state index in [0.29, 0.717) is 24.8 Å². The van der Waals surface area contributed by atoms with Crippen LogP contribution in [0.5, 0.6) is 0 Å². The van der Waals surface area contributed by atoms with E-state index >= 15 is 0 Å². The van der Waals surface area contributed by atoms with Crippen molar-refractivity contribution in [3.05, 3.63) is 0 Å². The van der Waals surface area contributed by atoms with Gasteiger partial charge in [0.05, 0.1) is 5.75 Å². The molecule has 0 spiro atoms. The van der Waals surface area contributed by atoms with Crippen molar-refractivity contribution in [2.75, 3.05) is 31.9 Å². The minimum atomic E-state index is -2.99. The highest BCUT2D eigenvalue weighted by Gasteiger charge is 2.23. The summed E-state index contributed by atoms with van der Waals surface area (Å²) in [6.45, 7) is 6.89.